The fraction of sp³-hybridized carbons (Fsp3) is 0.222. The van der Waals surface area contributed by atoms with Crippen LogP contribution in [0.5, 0.6) is 0 Å². The van der Waals surface area contributed by atoms with Crippen LogP contribution in [0.25, 0.3) is 0 Å². The molecule has 1 aliphatic carbocycles. The van der Waals surface area contributed by atoms with Crippen molar-refractivity contribution in [3.63, 3.8) is 0 Å². The average molecular weight is 330 g/mol. The van der Waals surface area contributed by atoms with E-state index in [1.54, 1.807) is 0 Å². The first-order valence-corrected chi connectivity index (χ1v) is 7.62. The predicted molar refractivity (Wildman–Crippen MR) is 85.9 cm³/mol. The molecule has 0 radical (unpaired) electrons. The summed E-state index contributed by atoms with van der Waals surface area (Å²) in [6.45, 7) is 0. The Labute approximate surface area is 139 Å². The Morgan fingerprint density at radius 1 is 1.00 bits per heavy atom. The van der Waals surface area contributed by atoms with Gasteiger partial charge in [-0.15, -0.1) is 0 Å². The molecule has 0 bridgehead atoms. The topological polar surface area (TPSA) is 63.2 Å². The molecule has 0 heterocycles. The third-order valence-electron chi connectivity index (χ3n) is 3.99. The van der Waals surface area contributed by atoms with E-state index >= 15 is 0 Å². The monoisotopic (exact) mass is 329 g/mol. The van der Waals surface area contributed by atoms with Gasteiger partial charge in [0.2, 0.25) is 0 Å². The Bertz CT molecular complexity index is 688. The average Bonchev–Trinajstić information content (AvgIpc) is 2.53. The van der Waals surface area contributed by atoms with E-state index in [2.05, 4.69) is 5.32 Å². The summed E-state index contributed by atoms with van der Waals surface area (Å²) in [6.07, 6.45) is 3.35. The van der Waals surface area contributed by atoms with Gasteiger partial charge in [-0.2, -0.15) is 9.59 Å². The highest BCUT2D eigenvalue weighted by Crippen LogP contribution is 2.41. The van der Waals surface area contributed by atoms with Gasteiger partial charge >= 0.3 is 6.15 Å². The first kappa shape index (κ1) is 16.9. The lowest BCUT2D eigenvalue weighted by molar-refractivity contribution is -0.191. The van der Waals surface area contributed by atoms with E-state index in [0.717, 1.165) is 29.8 Å². The minimum absolute atomic E-state index is 0.0137. The van der Waals surface area contributed by atoms with Crippen molar-refractivity contribution in [2.45, 2.75) is 24.8 Å². The van der Waals surface area contributed by atoms with Crippen molar-refractivity contribution < 1.29 is 14.4 Å². The molecule has 2 aromatic rings. The second-order valence-electron chi connectivity index (χ2n) is 5.35. The van der Waals surface area contributed by atoms with Crippen LogP contribution in [0, 0.1) is 0 Å². The minimum atomic E-state index is -0.225. The van der Waals surface area contributed by atoms with E-state index < -0.39 is 0 Å². The molecule has 1 fully saturated rings. The summed E-state index contributed by atoms with van der Waals surface area (Å²) in [4.78, 5) is 28.6. The third kappa shape index (κ3) is 4.07. The number of benzene rings is 2. The third-order valence-corrected chi connectivity index (χ3v) is 4.24. The molecule has 0 spiro atoms. The highest BCUT2D eigenvalue weighted by Gasteiger charge is 2.40. The van der Waals surface area contributed by atoms with Crippen LogP contribution in [0.15, 0.2) is 54.6 Å². The Morgan fingerprint density at radius 2 is 1.57 bits per heavy atom. The van der Waals surface area contributed by atoms with Crippen LogP contribution in [-0.2, 0) is 15.1 Å². The van der Waals surface area contributed by atoms with Gasteiger partial charge in [0.25, 0.3) is 5.91 Å². The van der Waals surface area contributed by atoms with Gasteiger partial charge in [0, 0.05) is 10.6 Å². The Kier molecular flexibility index (Phi) is 5.69. The molecule has 2 aromatic carbocycles. The van der Waals surface area contributed by atoms with Crippen molar-refractivity contribution in [1.82, 2.24) is 5.32 Å². The van der Waals surface area contributed by atoms with Gasteiger partial charge in [-0.3, -0.25) is 4.79 Å². The maximum atomic E-state index is 12.4. The fourth-order valence-electron chi connectivity index (χ4n) is 2.66. The summed E-state index contributed by atoms with van der Waals surface area (Å²) in [7, 11) is 0. The maximum absolute atomic E-state index is 12.4. The van der Waals surface area contributed by atoms with Gasteiger partial charge in [0.15, 0.2) is 0 Å². The van der Waals surface area contributed by atoms with Crippen molar-refractivity contribution >= 4 is 23.7 Å². The molecule has 5 heteroatoms. The van der Waals surface area contributed by atoms with Crippen molar-refractivity contribution in [3.8, 4) is 0 Å². The van der Waals surface area contributed by atoms with Crippen LogP contribution < -0.4 is 5.32 Å². The molecule has 0 atom stereocenters. The molecular weight excluding hydrogens is 314 g/mol. The maximum Gasteiger partial charge on any atom is 0.373 e. The van der Waals surface area contributed by atoms with Gasteiger partial charge in [-0.25, -0.2) is 0 Å². The van der Waals surface area contributed by atoms with Crippen LogP contribution in [0.1, 0.15) is 35.2 Å². The van der Waals surface area contributed by atoms with E-state index in [-0.39, 0.29) is 17.6 Å². The molecule has 4 nitrogen and oxygen atoms in total. The normalized spacial score (nSPS) is 14.5. The van der Waals surface area contributed by atoms with Gasteiger partial charge in [0.1, 0.15) is 0 Å². The number of hydrogen-bond donors (Lipinski definition) is 1. The SMILES string of the molecule is O=C(NC1(c2ccc(Cl)cc2)CCC1)c1ccccc1.O=C=O. The largest absolute Gasteiger partial charge is 0.373 e. The van der Waals surface area contributed by atoms with E-state index in [4.69, 9.17) is 21.2 Å². The van der Waals surface area contributed by atoms with Crippen LogP contribution in [0.2, 0.25) is 5.02 Å². The molecule has 1 saturated carbocycles. The van der Waals surface area contributed by atoms with Crippen molar-refractivity contribution in [2.75, 3.05) is 0 Å². The molecular formula is C18H16ClNO3. The molecule has 1 aliphatic rings. The molecule has 3 rings (SSSR count). The fourth-order valence-corrected chi connectivity index (χ4v) is 2.79. The zero-order valence-electron chi connectivity index (χ0n) is 12.4. The zero-order chi connectivity index (χ0) is 16.7. The minimum Gasteiger partial charge on any atom is -0.343 e. The summed E-state index contributed by atoms with van der Waals surface area (Å²) in [6, 6.07) is 17.1. The zero-order valence-corrected chi connectivity index (χ0v) is 13.2. The van der Waals surface area contributed by atoms with Gasteiger partial charge in [-0.1, -0.05) is 41.9 Å². The lowest BCUT2D eigenvalue weighted by Gasteiger charge is -2.43. The van der Waals surface area contributed by atoms with Crippen LogP contribution >= 0.6 is 11.6 Å². The van der Waals surface area contributed by atoms with E-state index in [1.165, 1.54) is 0 Å². The van der Waals surface area contributed by atoms with Crippen LogP contribution in [0.4, 0.5) is 0 Å². The molecule has 0 aliphatic heterocycles. The predicted octanol–water partition coefficient (Wildman–Crippen LogP) is 3.57. The molecule has 118 valence electrons. The smallest absolute Gasteiger partial charge is 0.343 e. The summed E-state index contributed by atoms with van der Waals surface area (Å²) in [5.41, 5.74) is 1.61. The number of carbonyl (C=O) groups is 1. The van der Waals surface area contributed by atoms with E-state index in [9.17, 15) is 4.79 Å². The number of carbonyl (C=O) groups excluding carboxylic acids is 3. The lowest BCUT2D eigenvalue weighted by Crippen LogP contribution is -2.50. The van der Waals surface area contributed by atoms with E-state index in [0.29, 0.717) is 5.56 Å². The quantitative estimate of drug-likeness (QED) is 0.936. The van der Waals surface area contributed by atoms with Crippen LogP contribution in [-0.4, -0.2) is 12.1 Å². The van der Waals surface area contributed by atoms with E-state index in [1.807, 2.05) is 54.6 Å². The second-order valence-corrected chi connectivity index (χ2v) is 5.78. The lowest BCUT2D eigenvalue weighted by atomic mass is 9.71. The van der Waals surface area contributed by atoms with Gasteiger partial charge in [0.05, 0.1) is 5.54 Å². The Morgan fingerprint density at radius 3 is 2.04 bits per heavy atom. The molecule has 1 amide bonds. The first-order chi connectivity index (χ1) is 11.1. The first-order valence-electron chi connectivity index (χ1n) is 7.24. The molecule has 0 unspecified atom stereocenters. The summed E-state index contributed by atoms with van der Waals surface area (Å²) < 4.78 is 0. The second kappa shape index (κ2) is 7.73. The molecule has 23 heavy (non-hydrogen) atoms. The number of nitrogens with one attached hydrogen (secondary N) is 1. The van der Waals surface area contributed by atoms with Crippen molar-refractivity contribution in [3.05, 3.63) is 70.7 Å². The van der Waals surface area contributed by atoms with Gasteiger partial charge < -0.3 is 5.32 Å². The van der Waals surface area contributed by atoms with Crippen LogP contribution in [0.3, 0.4) is 0 Å². The van der Waals surface area contributed by atoms with Crippen molar-refractivity contribution in [1.29, 1.82) is 0 Å². The number of rotatable bonds is 3. The summed E-state index contributed by atoms with van der Waals surface area (Å²) in [5.74, 6) is -0.0137. The summed E-state index contributed by atoms with van der Waals surface area (Å²) >= 11 is 5.94. The highest BCUT2D eigenvalue weighted by atomic mass is 35.5. The van der Waals surface area contributed by atoms with Crippen molar-refractivity contribution in [2.24, 2.45) is 0 Å². The van der Waals surface area contributed by atoms with Gasteiger partial charge in [-0.05, 0) is 49.1 Å². The summed E-state index contributed by atoms with van der Waals surface area (Å²) in [5, 5.41) is 3.92. The molecule has 1 N–H and O–H groups in total. The number of amides is 1. The molecule has 0 saturated heterocycles. The standard InChI is InChI=1S/C17H16ClNO.CO2/c18-15-9-7-14(8-10-15)17(11-4-12-17)19-16(20)13-5-2-1-3-6-13;2-1-3/h1-3,5-10H,4,11-12H2,(H,19,20);. The number of halogens is 1. The number of hydrogen-bond acceptors (Lipinski definition) is 3. The molecule has 0 aromatic heterocycles. The Hall–Kier alpha value is -2.42. The highest BCUT2D eigenvalue weighted by molar-refractivity contribution is 6.30. The Balaban J connectivity index is 0.000000595.